The summed E-state index contributed by atoms with van der Waals surface area (Å²) >= 11 is 5.38. The van der Waals surface area contributed by atoms with Gasteiger partial charge in [0.25, 0.3) is 5.91 Å². The van der Waals surface area contributed by atoms with Crippen molar-refractivity contribution in [1.29, 1.82) is 0 Å². The molecule has 33 heavy (non-hydrogen) atoms. The maximum Gasteiger partial charge on any atom is 0.251 e. The van der Waals surface area contributed by atoms with Gasteiger partial charge in [-0.2, -0.15) is 0 Å². The molecule has 0 fully saturated rings. The molecule has 0 aromatic heterocycles. The van der Waals surface area contributed by atoms with Crippen molar-refractivity contribution < 1.29 is 14.3 Å². The minimum absolute atomic E-state index is 0.162. The predicted octanol–water partition coefficient (Wildman–Crippen LogP) is 4.10. The van der Waals surface area contributed by atoms with E-state index in [4.69, 9.17) is 17.0 Å². The van der Waals surface area contributed by atoms with Crippen LogP contribution in [-0.4, -0.2) is 37.2 Å². The number of carbonyl (C=O) groups is 2. The Morgan fingerprint density at radius 2 is 1.55 bits per heavy atom. The van der Waals surface area contributed by atoms with Crippen molar-refractivity contribution >= 4 is 34.8 Å². The second-order valence-corrected chi connectivity index (χ2v) is 7.79. The summed E-state index contributed by atoms with van der Waals surface area (Å²) in [6, 6.07) is 26.1. The second-order valence-electron chi connectivity index (χ2n) is 7.38. The van der Waals surface area contributed by atoms with Crippen LogP contribution in [0.5, 0.6) is 0 Å². The average molecular weight is 462 g/mol. The van der Waals surface area contributed by atoms with E-state index in [2.05, 4.69) is 16.0 Å². The number of nitrogens with one attached hydrogen (secondary N) is 3. The van der Waals surface area contributed by atoms with Crippen LogP contribution in [0.4, 0.5) is 5.69 Å². The monoisotopic (exact) mass is 461 g/mol. The number of ether oxygens (including phenoxy) is 1. The molecule has 0 aliphatic rings. The van der Waals surface area contributed by atoms with E-state index in [1.165, 1.54) is 0 Å². The van der Waals surface area contributed by atoms with Gasteiger partial charge in [0.15, 0.2) is 5.11 Å². The number of hydrogen-bond donors (Lipinski definition) is 3. The molecule has 3 rings (SSSR count). The molecule has 3 aromatic carbocycles. The summed E-state index contributed by atoms with van der Waals surface area (Å²) in [5, 5.41) is 8.80. The Hall–Kier alpha value is -3.55. The fraction of sp³-hybridized carbons (Fsp3) is 0.192. The maximum atomic E-state index is 13.2. The number of thiocarbonyl (C=S) groups is 1. The number of carbonyl (C=O) groups excluding carboxylic acids is 2. The fourth-order valence-corrected chi connectivity index (χ4v) is 3.61. The smallest absolute Gasteiger partial charge is 0.251 e. The standard InChI is InChI=1S/C26H27N3O3S/c1-32-17-9-16-27-24(30)21-14-8-15-22(18-21)28-26(33)29-25(31)23(19-10-4-2-5-11-19)20-12-6-3-7-13-20/h2-8,10-15,18,23H,9,16-17H2,1H3,(H,27,30)(H2,28,29,31,33). The summed E-state index contributed by atoms with van der Waals surface area (Å²) in [5.41, 5.74) is 2.85. The lowest BCUT2D eigenvalue weighted by molar-refractivity contribution is -0.120. The highest BCUT2D eigenvalue weighted by molar-refractivity contribution is 7.80. The van der Waals surface area contributed by atoms with E-state index in [-0.39, 0.29) is 16.9 Å². The van der Waals surface area contributed by atoms with Crippen molar-refractivity contribution in [3.05, 3.63) is 102 Å². The molecule has 0 saturated carbocycles. The number of methoxy groups -OCH3 is 1. The largest absolute Gasteiger partial charge is 0.385 e. The van der Waals surface area contributed by atoms with E-state index >= 15 is 0 Å². The van der Waals surface area contributed by atoms with Crippen molar-refractivity contribution in [2.24, 2.45) is 0 Å². The first-order chi connectivity index (χ1) is 16.1. The molecule has 3 aromatic rings. The lowest BCUT2D eigenvalue weighted by atomic mass is 9.90. The molecule has 2 amide bonds. The SMILES string of the molecule is COCCCNC(=O)c1cccc(NC(=S)NC(=O)C(c2ccccc2)c2ccccc2)c1. The predicted molar refractivity (Wildman–Crippen MR) is 134 cm³/mol. The van der Waals surface area contributed by atoms with Gasteiger partial charge in [-0.3, -0.25) is 9.59 Å². The Labute approximate surface area is 199 Å². The number of hydrogen-bond acceptors (Lipinski definition) is 4. The van der Waals surface area contributed by atoms with Crippen LogP contribution in [0.1, 0.15) is 33.8 Å². The molecule has 6 nitrogen and oxygen atoms in total. The molecule has 0 radical (unpaired) electrons. The molecule has 0 atom stereocenters. The Kier molecular flexibility index (Phi) is 9.11. The first kappa shape index (κ1) is 24.1. The Balaban J connectivity index is 1.66. The van der Waals surface area contributed by atoms with Crippen molar-refractivity contribution in [1.82, 2.24) is 10.6 Å². The number of amides is 2. The van der Waals surface area contributed by atoms with E-state index in [1.807, 2.05) is 60.7 Å². The molecule has 170 valence electrons. The first-order valence-corrected chi connectivity index (χ1v) is 11.1. The highest BCUT2D eigenvalue weighted by Gasteiger charge is 2.23. The van der Waals surface area contributed by atoms with Crippen LogP contribution >= 0.6 is 12.2 Å². The molecule has 0 saturated heterocycles. The molecular formula is C26H27N3O3S. The third-order valence-electron chi connectivity index (χ3n) is 4.96. The van der Waals surface area contributed by atoms with Crippen molar-refractivity contribution in [3.8, 4) is 0 Å². The third-order valence-corrected chi connectivity index (χ3v) is 5.16. The Morgan fingerprint density at radius 1 is 0.909 bits per heavy atom. The van der Waals surface area contributed by atoms with E-state index < -0.39 is 5.92 Å². The van der Waals surface area contributed by atoms with Gasteiger partial charge < -0.3 is 20.7 Å². The highest BCUT2D eigenvalue weighted by atomic mass is 32.1. The van der Waals surface area contributed by atoms with Gasteiger partial charge in [-0.25, -0.2) is 0 Å². The molecule has 0 unspecified atom stereocenters. The molecule has 3 N–H and O–H groups in total. The van der Waals surface area contributed by atoms with Gasteiger partial charge in [-0.05, 0) is 48.0 Å². The lowest BCUT2D eigenvalue weighted by Crippen LogP contribution is -2.38. The van der Waals surface area contributed by atoms with Gasteiger partial charge >= 0.3 is 0 Å². The maximum absolute atomic E-state index is 13.2. The minimum Gasteiger partial charge on any atom is -0.385 e. The molecule has 0 bridgehead atoms. The lowest BCUT2D eigenvalue weighted by Gasteiger charge is -2.19. The van der Waals surface area contributed by atoms with E-state index in [9.17, 15) is 9.59 Å². The van der Waals surface area contributed by atoms with Crippen molar-refractivity contribution in [2.75, 3.05) is 25.6 Å². The van der Waals surface area contributed by atoms with E-state index in [0.717, 1.165) is 17.5 Å². The van der Waals surface area contributed by atoms with Crippen molar-refractivity contribution in [2.45, 2.75) is 12.3 Å². The van der Waals surface area contributed by atoms with E-state index in [0.29, 0.717) is 24.4 Å². The zero-order chi connectivity index (χ0) is 23.5. The minimum atomic E-state index is -0.503. The highest BCUT2D eigenvalue weighted by Crippen LogP contribution is 2.24. The number of rotatable bonds is 9. The summed E-state index contributed by atoms with van der Waals surface area (Å²) in [6.07, 6.45) is 0.736. The molecule has 7 heteroatoms. The van der Waals surface area contributed by atoms with Gasteiger partial charge in [0.1, 0.15) is 0 Å². The van der Waals surface area contributed by atoms with Crippen LogP contribution in [0.3, 0.4) is 0 Å². The van der Waals surface area contributed by atoms with Crippen LogP contribution < -0.4 is 16.0 Å². The van der Waals surface area contributed by atoms with Gasteiger partial charge in [-0.15, -0.1) is 0 Å². The average Bonchev–Trinajstić information content (AvgIpc) is 2.83. The zero-order valence-corrected chi connectivity index (χ0v) is 19.2. The van der Waals surface area contributed by atoms with Gasteiger partial charge in [0.05, 0.1) is 5.92 Å². The van der Waals surface area contributed by atoms with Gasteiger partial charge in [-0.1, -0.05) is 66.7 Å². The summed E-state index contributed by atoms with van der Waals surface area (Å²) in [7, 11) is 1.63. The van der Waals surface area contributed by atoms with Gasteiger partial charge in [0.2, 0.25) is 5.91 Å². The number of anilines is 1. The van der Waals surface area contributed by atoms with Crippen LogP contribution in [0, 0.1) is 0 Å². The quantitative estimate of drug-likeness (QED) is 0.330. The van der Waals surface area contributed by atoms with Crippen LogP contribution in [0.2, 0.25) is 0 Å². The molecule has 0 heterocycles. The normalized spacial score (nSPS) is 10.5. The van der Waals surface area contributed by atoms with Gasteiger partial charge in [0, 0.05) is 31.5 Å². The summed E-state index contributed by atoms with van der Waals surface area (Å²) < 4.78 is 4.99. The summed E-state index contributed by atoms with van der Waals surface area (Å²) in [5.74, 6) is -0.925. The van der Waals surface area contributed by atoms with Crippen molar-refractivity contribution in [3.63, 3.8) is 0 Å². The topological polar surface area (TPSA) is 79.5 Å². The Morgan fingerprint density at radius 3 is 2.15 bits per heavy atom. The fourth-order valence-electron chi connectivity index (χ4n) is 3.39. The molecule has 0 aliphatic heterocycles. The molecule has 0 spiro atoms. The van der Waals surface area contributed by atoms with Crippen LogP contribution in [0.25, 0.3) is 0 Å². The molecular weight excluding hydrogens is 434 g/mol. The second kappa shape index (κ2) is 12.5. The number of benzene rings is 3. The Bertz CT molecular complexity index is 1030. The zero-order valence-electron chi connectivity index (χ0n) is 18.4. The summed E-state index contributed by atoms with van der Waals surface area (Å²) in [4.78, 5) is 25.5. The molecule has 0 aliphatic carbocycles. The van der Waals surface area contributed by atoms with E-state index in [1.54, 1.807) is 31.4 Å². The van der Waals surface area contributed by atoms with Crippen LogP contribution in [-0.2, 0) is 9.53 Å². The summed E-state index contributed by atoms with van der Waals surface area (Å²) in [6.45, 7) is 1.11. The van der Waals surface area contributed by atoms with Crippen LogP contribution in [0.15, 0.2) is 84.9 Å². The first-order valence-electron chi connectivity index (χ1n) is 10.7. The third kappa shape index (κ3) is 7.24.